The van der Waals surface area contributed by atoms with Gasteiger partial charge in [-0.2, -0.15) is 0 Å². The molecule has 20 heavy (non-hydrogen) atoms. The molecule has 0 radical (unpaired) electrons. The van der Waals surface area contributed by atoms with Gasteiger partial charge in [-0.15, -0.1) is 0 Å². The minimum atomic E-state index is -0.496. The first-order chi connectivity index (χ1) is 9.58. The lowest BCUT2D eigenvalue weighted by Gasteiger charge is -2.08. The van der Waals surface area contributed by atoms with Crippen LogP contribution in [0.15, 0.2) is 42.6 Å². The van der Waals surface area contributed by atoms with E-state index < -0.39 is 4.92 Å². The van der Waals surface area contributed by atoms with Gasteiger partial charge < -0.3 is 4.74 Å². The van der Waals surface area contributed by atoms with Gasteiger partial charge in [0.25, 0.3) is 5.88 Å². The number of nitro groups is 1. The summed E-state index contributed by atoms with van der Waals surface area (Å²) >= 11 is 0. The van der Waals surface area contributed by atoms with Crippen LogP contribution in [0.5, 0.6) is 5.88 Å². The fourth-order valence-electron chi connectivity index (χ4n) is 1.78. The first kappa shape index (κ1) is 14.0. The van der Waals surface area contributed by atoms with Gasteiger partial charge in [-0.1, -0.05) is 38.1 Å². The summed E-state index contributed by atoms with van der Waals surface area (Å²) in [5, 5.41) is 10.8. The fraction of sp³-hybridized carbons (Fsp3) is 0.267. The normalized spacial score (nSPS) is 10.6. The molecule has 0 bridgehead atoms. The highest BCUT2D eigenvalue weighted by molar-refractivity contribution is 5.39. The van der Waals surface area contributed by atoms with Crippen molar-refractivity contribution in [2.45, 2.75) is 26.4 Å². The van der Waals surface area contributed by atoms with Crippen LogP contribution in [0.1, 0.15) is 30.9 Å². The van der Waals surface area contributed by atoms with Gasteiger partial charge in [-0.3, -0.25) is 10.1 Å². The van der Waals surface area contributed by atoms with Crippen molar-refractivity contribution in [1.82, 2.24) is 4.98 Å². The SMILES string of the molecule is CC(C)c1ccc(COc2ncccc2[N+](=O)[O-])cc1. The molecule has 0 fully saturated rings. The van der Waals surface area contributed by atoms with E-state index in [9.17, 15) is 10.1 Å². The van der Waals surface area contributed by atoms with Crippen LogP contribution in [-0.4, -0.2) is 9.91 Å². The molecule has 2 aromatic rings. The Labute approximate surface area is 117 Å². The second-order valence-corrected chi connectivity index (χ2v) is 4.77. The summed E-state index contributed by atoms with van der Waals surface area (Å²) < 4.78 is 5.43. The van der Waals surface area contributed by atoms with E-state index in [1.807, 2.05) is 24.3 Å². The van der Waals surface area contributed by atoms with E-state index in [2.05, 4.69) is 18.8 Å². The number of pyridine rings is 1. The highest BCUT2D eigenvalue weighted by Gasteiger charge is 2.15. The van der Waals surface area contributed by atoms with E-state index >= 15 is 0 Å². The summed E-state index contributed by atoms with van der Waals surface area (Å²) in [6.07, 6.45) is 1.48. The van der Waals surface area contributed by atoms with Crippen LogP contribution >= 0.6 is 0 Å². The standard InChI is InChI=1S/C15H16N2O3/c1-11(2)13-7-5-12(6-8-13)10-20-15-14(17(18)19)4-3-9-16-15/h3-9,11H,10H2,1-2H3. The number of nitrogens with zero attached hydrogens (tertiary/aromatic N) is 2. The molecule has 0 spiro atoms. The van der Waals surface area contributed by atoms with Crippen LogP contribution in [0.2, 0.25) is 0 Å². The molecular formula is C15H16N2O3. The third kappa shape index (κ3) is 3.32. The lowest BCUT2D eigenvalue weighted by atomic mass is 10.0. The van der Waals surface area contributed by atoms with Crippen LogP contribution < -0.4 is 4.74 Å². The highest BCUT2D eigenvalue weighted by atomic mass is 16.6. The smallest absolute Gasteiger partial charge is 0.330 e. The summed E-state index contributed by atoms with van der Waals surface area (Å²) in [5.41, 5.74) is 2.08. The third-order valence-corrected chi connectivity index (χ3v) is 2.97. The second-order valence-electron chi connectivity index (χ2n) is 4.77. The van der Waals surface area contributed by atoms with Crippen LogP contribution in [0.25, 0.3) is 0 Å². The maximum atomic E-state index is 10.8. The predicted molar refractivity (Wildman–Crippen MR) is 75.8 cm³/mol. The summed E-state index contributed by atoms with van der Waals surface area (Å²) in [4.78, 5) is 14.2. The number of rotatable bonds is 5. The highest BCUT2D eigenvalue weighted by Crippen LogP contribution is 2.24. The average molecular weight is 272 g/mol. The molecule has 0 aliphatic carbocycles. The quantitative estimate of drug-likeness (QED) is 0.615. The molecule has 0 saturated carbocycles. The van der Waals surface area contributed by atoms with Crippen LogP contribution in [-0.2, 0) is 6.61 Å². The Hall–Kier alpha value is -2.43. The Morgan fingerprint density at radius 1 is 1.25 bits per heavy atom. The summed E-state index contributed by atoms with van der Waals surface area (Å²) in [7, 11) is 0. The van der Waals surface area contributed by atoms with Gasteiger partial charge >= 0.3 is 5.69 Å². The van der Waals surface area contributed by atoms with Crippen molar-refractivity contribution in [3.05, 3.63) is 63.8 Å². The predicted octanol–water partition coefficient (Wildman–Crippen LogP) is 3.69. The molecule has 0 atom stereocenters. The Morgan fingerprint density at radius 2 is 1.95 bits per heavy atom. The molecule has 2 rings (SSSR count). The largest absolute Gasteiger partial charge is 0.468 e. The van der Waals surface area contributed by atoms with Crippen molar-refractivity contribution >= 4 is 5.69 Å². The third-order valence-electron chi connectivity index (χ3n) is 2.97. The second kappa shape index (κ2) is 6.14. The fourth-order valence-corrected chi connectivity index (χ4v) is 1.78. The Bertz CT molecular complexity index is 594. The van der Waals surface area contributed by atoms with E-state index in [4.69, 9.17) is 4.74 Å². The van der Waals surface area contributed by atoms with Crippen molar-refractivity contribution in [3.8, 4) is 5.88 Å². The van der Waals surface area contributed by atoms with Crippen LogP contribution in [0, 0.1) is 10.1 Å². The van der Waals surface area contributed by atoms with Crippen molar-refractivity contribution < 1.29 is 9.66 Å². The molecule has 5 nitrogen and oxygen atoms in total. The summed E-state index contributed by atoms with van der Waals surface area (Å²) in [6.45, 7) is 4.52. The molecule has 1 aromatic carbocycles. The maximum absolute atomic E-state index is 10.8. The average Bonchev–Trinajstić information content (AvgIpc) is 2.45. The molecule has 0 saturated heterocycles. The van der Waals surface area contributed by atoms with Crippen molar-refractivity contribution in [3.63, 3.8) is 0 Å². The zero-order valence-corrected chi connectivity index (χ0v) is 11.4. The first-order valence-corrected chi connectivity index (χ1v) is 6.39. The molecule has 0 amide bonds. The Balaban J connectivity index is 2.07. The van der Waals surface area contributed by atoms with Crippen molar-refractivity contribution in [2.24, 2.45) is 0 Å². The molecule has 1 aromatic heterocycles. The number of aromatic nitrogens is 1. The molecule has 0 aliphatic rings. The first-order valence-electron chi connectivity index (χ1n) is 6.39. The van der Waals surface area contributed by atoms with E-state index in [0.717, 1.165) is 5.56 Å². The van der Waals surface area contributed by atoms with Gasteiger partial charge in [-0.25, -0.2) is 4.98 Å². The van der Waals surface area contributed by atoms with E-state index in [0.29, 0.717) is 5.92 Å². The number of hydrogen-bond donors (Lipinski definition) is 0. The van der Waals surface area contributed by atoms with Crippen molar-refractivity contribution in [1.29, 1.82) is 0 Å². The lowest BCUT2D eigenvalue weighted by Crippen LogP contribution is -2.01. The van der Waals surface area contributed by atoms with Gasteiger partial charge in [0.05, 0.1) is 4.92 Å². The summed E-state index contributed by atoms with van der Waals surface area (Å²) in [5.74, 6) is 0.521. The topological polar surface area (TPSA) is 65.3 Å². The number of ether oxygens (including phenoxy) is 1. The van der Waals surface area contributed by atoms with Crippen molar-refractivity contribution in [2.75, 3.05) is 0 Å². The molecule has 5 heteroatoms. The van der Waals surface area contributed by atoms with Gasteiger partial charge in [0.1, 0.15) is 6.61 Å². The van der Waals surface area contributed by atoms with Crippen LogP contribution in [0.3, 0.4) is 0 Å². The monoisotopic (exact) mass is 272 g/mol. The molecule has 1 heterocycles. The van der Waals surface area contributed by atoms with Crippen LogP contribution in [0.4, 0.5) is 5.69 Å². The van der Waals surface area contributed by atoms with Gasteiger partial charge in [-0.05, 0) is 23.1 Å². The minimum absolute atomic E-state index is 0.0467. The van der Waals surface area contributed by atoms with E-state index in [1.54, 1.807) is 0 Å². The van der Waals surface area contributed by atoms with Gasteiger partial charge in [0, 0.05) is 12.3 Å². The molecule has 0 unspecified atom stereocenters. The molecule has 0 N–H and O–H groups in total. The zero-order chi connectivity index (χ0) is 14.5. The molecular weight excluding hydrogens is 256 g/mol. The van der Waals surface area contributed by atoms with E-state index in [-0.39, 0.29) is 18.2 Å². The zero-order valence-electron chi connectivity index (χ0n) is 11.4. The number of hydrogen-bond acceptors (Lipinski definition) is 4. The van der Waals surface area contributed by atoms with Gasteiger partial charge in [0.2, 0.25) is 0 Å². The van der Waals surface area contributed by atoms with Gasteiger partial charge in [0.15, 0.2) is 0 Å². The number of benzene rings is 1. The molecule has 104 valence electrons. The Morgan fingerprint density at radius 3 is 2.55 bits per heavy atom. The molecule has 0 aliphatic heterocycles. The lowest BCUT2D eigenvalue weighted by molar-refractivity contribution is -0.386. The summed E-state index contributed by atoms with van der Waals surface area (Å²) in [6, 6.07) is 10.9. The minimum Gasteiger partial charge on any atom is -0.468 e. The Kier molecular flexibility index (Phi) is 4.30. The van der Waals surface area contributed by atoms with E-state index in [1.165, 1.54) is 23.9 Å². The maximum Gasteiger partial charge on any atom is 0.330 e.